The summed E-state index contributed by atoms with van der Waals surface area (Å²) in [6.07, 6.45) is 0.142. The van der Waals surface area contributed by atoms with Gasteiger partial charge in [-0.1, -0.05) is 69.5 Å². The summed E-state index contributed by atoms with van der Waals surface area (Å²) >= 11 is 15.5. The first-order valence-electron chi connectivity index (χ1n) is 8.67. The number of anilines is 1. The Bertz CT molecular complexity index is 1030. The van der Waals surface area contributed by atoms with E-state index < -0.39 is 17.9 Å². The van der Waals surface area contributed by atoms with Gasteiger partial charge in [0.05, 0.1) is 10.6 Å². The fourth-order valence-electron chi connectivity index (χ4n) is 2.96. The van der Waals surface area contributed by atoms with E-state index in [0.29, 0.717) is 10.7 Å². The van der Waals surface area contributed by atoms with Gasteiger partial charge in [0.1, 0.15) is 6.04 Å². The van der Waals surface area contributed by atoms with E-state index in [1.54, 1.807) is 30.3 Å². The fraction of sp³-hybridized carbons (Fsp3) is 0.0909. The number of carbonyl (C=O) groups excluding carboxylic acids is 1. The molecule has 29 heavy (non-hydrogen) atoms. The van der Waals surface area contributed by atoms with E-state index in [1.165, 1.54) is 17.0 Å². The van der Waals surface area contributed by atoms with Gasteiger partial charge in [0, 0.05) is 21.6 Å². The SMILES string of the molecule is O=C(O)C(Cc1ccccc1)N(C(=O)c1ccc(Cl)cc1Cl)c1ccc(Br)cc1. The lowest BCUT2D eigenvalue weighted by Gasteiger charge is -2.30. The Morgan fingerprint density at radius 2 is 1.62 bits per heavy atom. The molecule has 4 nitrogen and oxygen atoms in total. The lowest BCUT2D eigenvalue weighted by molar-refractivity contribution is -0.138. The minimum absolute atomic E-state index is 0.142. The van der Waals surface area contributed by atoms with Crippen LogP contribution in [0.5, 0.6) is 0 Å². The van der Waals surface area contributed by atoms with Crippen LogP contribution in [0, 0.1) is 0 Å². The van der Waals surface area contributed by atoms with Crippen LogP contribution in [0.3, 0.4) is 0 Å². The molecule has 0 fully saturated rings. The van der Waals surface area contributed by atoms with E-state index in [2.05, 4.69) is 15.9 Å². The molecule has 3 rings (SSSR count). The zero-order valence-corrected chi connectivity index (χ0v) is 18.2. The van der Waals surface area contributed by atoms with Crippen LogP contribution in [0.15, 0.2) is 77.3 Å². The highest BCUT2D eigenvalue weighted by Gasteiger charge is 2.33. The molecule has 0 aliphatic heterocycles. The van der Waals surface area contributed by atoms with Gasteiger partial charge in [0.25, 0.3) is 5.91 Å². The molecule has 1 unspecified atom stereocenters. The number of aliphatic carboxylic acids is 1. The molecule has 148 valence electrons. The Labute approximate surface area is 186 Å². The van der Waals surface area contributed by atoms with Gasteiger partial charge in [-0.25, -0.2) is 4.79 Å². The quantitative estimate of drug-likeness (QED) is 0.452. The smallest absolute Gasteiger partial charge is 0.327 e. The molecule has 0 bridgehead atoms. The highest BCUT2D eigenvalue weighted by Crippen LogP contribution is 2.28. The number of carboxylic acid groups (broad SMARTS) is 1. The summed E-state index contributed by atoms with van der Waals surface area (Å²) in [7, 11) is 0. The van der Waals surface area contributed by atoms with Gasteiger partial charge >= 0.3 is 5.97 Å². The topological polar surface area (TPSA) is 57.6 Å². The zero-order chi connectivity index (χ0) is 21.0. The second kappa shape index (κ2) is 9.44. The van der Waals surface area contributed by atoms with Crippen LogP contribution >= 0.6 is 39.1 Å². The molecule has 0 radical (unpaired) electrons. The first kappa shape index (κ1) is 21.4. The van der Waals surface area contributed by atoms with Crippen LogP contribution in [0.25, 0.3) is 0 Å². The lowest BCUT2D eigenvalue weighted by Crippen LogP contribution is -2.47. The van der Waals surface area contributed by atoms with Gasteiger partial charge in [0.15, 0.2) is 0 Å². The zero-order valence-electron chi connectivity index (χ0n) is 15.1. The molecule has 1 N–H and O–H groups in total. The number of hydrogen-bond donors (Lipinski definition) is 1. The van der Waals surface area contributed by atoms with Crippen molar-refractivity contribution in [2.45, 2.75) is 12.5 Å². The minimum atomic E-state index is -1.13. The first-order valence-corrected chi connectivity index (χ1v) is 10.2. The highest BCUT2D eigenvalue weighted by atomic mass is 79.9. The van der Waals surface area contributed by atoms with E-state index in [1.807, 2.05) is 30.3 Å². The number of hydrogen-bond acceptors (Lipinski definition) is 2. The molecule has 0 aliphatic rings. The molecule has 0 saturated carbocycles. The van der Waals surface area contributed by atoms with Crippen molar-refractivity contribution >= 4 is 56.7 Å². The average Bonchev–Trinajstić information content (AvgIpc) is 2.69. The van der Waals surface area contributed by atoms with Crippen LogP contribution in [-0.4, -0.2) is 23.0 Å². The number of amides is 1. The van der Waals surface area contributed by atoms with E-state index >= 15 is 0 Å². The van der Waals surface area contributed by atoms with Crippen molar-refractivity contribution in [2.75, 3.05) is 4.90 Å². The molecule has 0 spiro atoms. The van der Waals surface area contributed by atoms with Gasteiger partial charge in [-0.15, -0.1) is 0 Å². The summed E-state index contributed by atoms with van der Waals surface area (Å²) in [5, 5.41) is 10.5. The number of rotatable bonds is 6. The predicted octanol–water partition coefficient (Wildman–Crippen LogP) is 6.10. The Morgan fingerprint density at radius 1 is 0.966 bits per heavy atom. The molecule has 0 saturated heterocycles. The third-order valence-electron chi connectivity index (χ3n) is 4.35. The maximum absolute atomic E-state index is 13.4. The van der Waals surface area contributed by atoms with Crippen LogP contribution in [-0.2, 0) is 11.2 Å². The predicted molar refractivity (Wildman–Crippen MR) is 119 cm³/mol. The summed E-state index contributed by atoms with van der Waals surface area (Å²) in [6, 6.07) is 19.4. The number of benzene rings is 3. The van der Waals surface area contributed by atoms with E-state index in [9.17, 15) is 14.7 Å². The molecule has 1 atom stereocenters. The molecule has 3 aromatic carbocycles. The number of nitrogens with zero attached hydrogens (tertiary/aromatic N) is 1. The third kappa shape index (κ3) is 5.18. The summed E-state index contributed by atoms with van der Waals surface area (Å²) in [5.74, 6) is -1.63. The number of halogens is 3. The maximum atomic E-state index is 13.4. The maximum Gasteiger partial charge on any atom is 0.327 e. The standard InChI is InChI=1S/C22H16BrCl2NO3/c23-15-6-9-17(10-7-15)26(21(27)18-11-8-16(24)13-19(18)25)20(22(28)29)12-14-4-2-1-3-5-14/h1-11,13,20H,12H2,(H,28,29). The summed E-state index contributed by atoms with van der Waals surface area (Å²) in [5.41, 5.74) is 1.43. The summed E-state index contributed by atoms with van der Waals surface area (Å²) < 4.78 is 0.813. The van der Waals surface area contributed by atoms with E-state index in [-0.39, 0.29) is 17.0 Å². The Kier molecular flexibility index (Phi) is 6.96. The normalized spacial score (nSPS) is 11.7. The van der Waals surface area contributed by atoms with Crippen molar-refractivity contribution in [3.8, 4) is 0 Å². The largest absolute Gasteiger partial charge is 0.480 e. The van der Waals surface area contributed by atoms with Crippen molar-refractivity contribution < 1.29 is 14.7 Å². The van der Waals surface area contributed by atoms with Gasteiger partial charge in [0.2, 0.25) is 0 Å². The number of carboxylic acids is 1. The monoisotopic (exact) mass is 491 g/mol. The van der Waals surface area contributed by atoms with Gasteiger partial charge in [-0.05, 0) is 48.0 Å². The average molecular weight is 493 g/mol. The first-order chi connectivity index (χ1) is 13.9. The molecule has 0 aromatic heterocycles. The van der Waals surface area contributed by atoms with Crippen molar-refractivity contribution in [3.05, 3.63) is 98.4 Å². The Hall–Kier alpha value is -2.34. The molecule has 7 heteroatoms. The molecule has 3 aromatic rings. The van der Waals surface area contributed by atoms with Gasteiger partial charge in [-0.2, -0.15) is 0 Å². The van der Waals surface area contributed by atoms with E-state index in [4.69, 9.17) is 23.2 Å². The van der Waals surface area contributed by atoms with Crippen LogP contribution < -0.4 is 4.90 Å². The highest BCUT2D eigenvalue weighted by molar-refractivity contribution is 9.10. The van der Waals surface area contributed by atoms with Crippen LogP contribution in [0.2, 0.25) is 10.0 Å². The van der Waals surface area contributed by atoms with Crippen LogP contribution in [0.4, 0.5) is 5.69 Å². The van der Waals surface area contributed by atoms with Gasteiger partial charge < -0.3 is 5.11 Å². The minimum Gasteiger partial charge on any atom is -0.480 e. The van der Waals surface area contributed by atoms with Crippen molar-refractivity contribution in [2.24, 2.45) is 0 Å². The van der Waals surface area contributed by atoms with Crippen LogP contribution in [0.1, 0.15) is 15.9 Å². The number of carbonyl (C=O) groups is 2. The molecular formula is C22H16BrCl2NO3. The van der Waals surface area contributed by atoms with Crippen molar-refractivity contribution in [3.63, 3.8) is 0 Å². The van der Waals surface area contributed by atoms with Crippen molar-refractivity contribution in [1.29, 1.82) is 0 Å². The summed E-state index contributed by atoms with van der Waals surface area (Å²) in [4.78, 5) is 26.9. The Morgan fingerprint density at radius 3 is 2.21 bits per heavy atom. The summed E-state index contributed by atoms with van der Waals surface area (Å²) in [6.45, 7) is 0. The molecule has 0 aliphatic carbocycles. The molecule has 0 heterocycles. The van der Waals surface area contributed by atoms with Gasteiger partial charge in [-0.3, -0.25) is 9.69 Å². The Balaban J connectivity index is 2.09. The van der Waals surface area contributed by atoms with E-state index in [0.717, 1.165) is 10.0 Å². The fourth-order valence-corrected chi connectivity index (χ4v) is 3.71. The second-order valence-electron chi connectivity index (χ2n) is 6.32. The van der Waals surface area contributed by atoms with Crippen molar-refractivity contribution in [1.82, 2.24) is 0 Å². The second-order valence-corrected chi connectivity index (χ2v) is 8.08. The molecular weight excluding hydrogens is 477 g/mol. The molecule has 1 amide bonds. The third-order valence-corrected chi connectivity index (χ3v) is 5.43. The lowest BCUT2D eigenvalue weighted by atomic mass is 10.0.